The molecular weight excluding hydrogens is 226 g/mol. The van der Waals surface area contributed by atoms with Gasteiger partial charge in [-0.25, -0.2) is 4.79 Å². The number of carbonyl (C=O) groups is 1. The van der Waals surface area contributed by atoms with Gasteiger partial charge in [0.25, 0.3) is 0 Å². The summed E-state index contributed by atoms with van der Waals surface area (Å²) in [4.78, 5) is 12.9. The van der Waals surface area contributed by atoms with E-state index in [1.165, 1.54) is 11.6 Å². The smallest absolute Gasteiger partial charge is 0.327 e. The number of aliphatic carboxylic acids is 1. The van der Waals surface area contributed by atoms with Crippen LogP contribution >= 0.6 is 0 Å². The van der Waals surface area contributed by atoms with E-state index in [1.807, 2.05) is 12.1 Å². The van der Waals surface area contributed by atoms with E-state index in [4.69, 9.17) is 5.11 Å². The van der Waals surface area contributed by atoms with Crippen molar-refractivity contribution in [1.82, 2.24) is 4.90 Å². The molecule has 96 valence electrons. The van der Waals surface area contributed by atoms with E-state index < -0.39 is 5.97 Å². The molecule has 3 nitrogen and oxygen atoms in total. The summed E-state index contributed by atoms with van der Waals surface area (Å²) in [6, 6.07) is 10.5. The van der Waals surface area contributed by atoms with Crippen LogP contribution in [0, 0.1) is 5.92 Å². The molecule has 0 aliphatic carbocycles. The highest BCUT2D eigenvalue weighted by Crippen LogP contribution is 2.19. The van der Waals surface area contributed by atoms with Crippen LogP contribution in [0.4, 0.5) is 0 Å². The van der Waals surface area contributed by atoms with Gasteiger partial charge in [0.2, 0.25) is 0 Å². The van der Waals surface area contributed by atoms with Gasteiger partial charge in [-0.1, -0.05) is 36.4 Å². The van der Waals surface area contributed by atoms with Crippen LogP contribution in [0.1, 0.15) is 18.4 Å². The van der Waals surface area contributed by atoms with Crippen LogP contribution in [0.5, 0.6) is 0 Å². The molecule has 0 saturated carbocycles. The summed E-state index contributed by atoms with van der Waals surface area (Å²) in [7, 11) is 0. The fourth-order valence-electron chi connectivity index (χ4n) is 2.36. The van der Waals surface area contributed by atoms with E-state index in [0.29, 0.717) is 5.92 Å². The predicted octanol–water partition coefficient (Wildman–Crippen LogP) is 2.54. The molecule has 1 heterocycles. The van der Waals surface area contributed by atoms with Gasteiger partial charge in [0, 0.05) is 12.6 Å². The average Bonchev–Trinajstić information content (AvgIpc) is 2.39. The Morgan fingerprint density at radius 1 is 1.28 bits per heavy atom. The number of carboxylic acids is 1. The molecule has 1 aliphatic rings. The fraction of sp³-hybridized carbons (Fsp3) is 0.400. The van der Waals surface area contributed by atoms with Crippen LogP contribution in [0.3, 0.4) is 0 Å². The van der Waals surface area contributed by atoms with Gasteiger partial charge in [-0.2, -0.15) is 0 Å². The second kappa shape index (κ2) is 6.36. The van der Waals surface area contributed by atoms with Crippen LogP contribution in [-0.4, -0.2) is 29.1 Å². The van der Waals surface area contributed by atoms with Gasteiger partial charge in [-0.05, 0) is 37.4 Å². The van der Waals surface area contributed by atoms with Crippen molar-refractivity contribution in [2.45, 2.75) is 19.4 Å². The van der Waals surface area contributed by atoms with E-state index in [1.54, 1.807) is 0 Å². The topological polar surface area (TPSA) is 40.5 Å². The summed E-state index contributed by atoms with van der Waals surface area (Å²) < 4.78 is 0. The largest absolute Gasteiger partial charge is 0.478 e. The summed E-state index contributed by atoms with van der Waals surface area (Å²) in [6.45, 7) is 3.09. The third kappa shape index (κ3) is 4.00. The summed E-state index contributed by atoms with van der Waals surface area (Å²) in [5.41, 5.74) is 1.34. The third-order valence-electron chi connectivity index (χ3n) is 3.39. The molecule has 0 bridgehead atoms. The number of hydrogen-bond acceptors (Lipinski definition) is 2. The van der Waals surface area contributed by atoms with Crippen LogP contribution < -0.4 is 0 Å². The van der Waals surface area contributed by atoms with Gasteiger partial charge >= 0.3 is 5.97 Å². The number of piperidine rings is 1. The molecule has 1 aromatic rings. The zero-order valence-electron chi connectivity index (χ0n) is 10.5. The van der Waals surface area contributed by atoms with Crippen LogP contribution in [0.2, 0.25) is 0 Å². The van der Waals surface area contributed by atoms with Gasteiger partial charge in [0.15, 0.2) is 0 Å². The van der Waals surface area contributed by atoms with Gasteiger partial charge in [0.1, 0.15) is 0 Å². The highest BCUT2D eigenvalue weighted by Gasteiger charge is 2.17. The summed E-state index contributed by atoms with van der Waals surface area (Å²) >= 11 is 0. The molecule has 0 aromatic heterocycles. The second-order valence-electron chi connectivity index (χ2n) is 4.80. The normalized spacial score (nSPS) is 18.2. The van der Waals surface area contributed by atoms with Crippen molar-refractivity contribution in [1.29, 1.82) is 0 Å². The van der Waals surface area contributed by atoms with E-state index in [0.717, 1.165) is 32.5 Å². The minimum absolute atomic E-state index is 0.424. The fourth-order valence-corrected chi connectivity index (χ4v) is 2.36. The van der Waals surface area contributed by atoms with Crippen molar-refractivity contribution in [3.8, 4) is 0 Å². The molecule has 0 amide bonds. The maximum Gasteiger partial charge on any atom is 0.327 e. The van der Waals surface area contributed by atoms with E-state index >= 15 is 0 Å². The van der Waals surface area contributed by atoms with Crippen molar-refractivity contribution < 1.29 is 9.90 Å². The van der Waals surface area contributed by atoms with Crippen molar-refractivity contribution in [2.75, 3.05) is 13.1 Å². The Bertz CT molecular complexity index is 406. The lowest BCUT2D eigenvalue weighted by Gasteiger charge is -2.30. The standard InChI is InChI=1S/C15H19NO2/c17-15(18)7-6-13-8-10-16(11-9-13)12-14-4-2-1-3-5-14/h1-7,13H,8-12H2,(H,17,18)/b7-6+. The summed E-state index contributed by atoms with van der Waals surface area (Å²) in [5.74, 6) is -0.421. The number of hydrogen-bond donors (Lipinski definition) is 1. The van der Waals surface area contributed by atoms with Crippen molar-refractivity contribution >= 4 is 5.97 Å². The Kier molecular flexibility index (Phi) is 4.53. The van der Waals surface area contributed by atoms with Crippen molar-refractivity contribution in [3.05, 3.63) is 48.0 Å². The van der Waals surface area contributed by atoms with Gasteiger partial charge in [-0.3, -0.25) is 4.90 Å². The van der Waals surface area contributed by atoms with Crippen LogP contribution in [-0.2, 0) is 11.3 Å². The Hall–Kier alpha value is -1.61. The van der Waals surface area contributed by atoms with Crippen molar-refractivity contribution in [3.63, 3.8) is 0 Å². The Morgan fingerprint density at radius 3 is 2.56 bits per heavy atom. The zero-order valence-corrected chi connectivity index (χ0v) is 10.5. The number of rotatable bonds is 4. The Labute approximate surface area is 108 Å². The molecule has 0 unspecified atom stereocenters. The third-order valence-corrected chi connectivity index (χ3v) is 3.39. The number of nitrogens with zero attached hydrogens (tertiary/aromatic N) is 1. The number of carboxylic acid groups (broad SMARTS) is 1. The summed E-state index contributed by atoms with van der Waals surface area (Å²) in [5, 5.41) is 8.59. The zero-order chi connectivity index (χ0) is 12.8. The average molecular weight is 245 g/mol. The lowest BCUT2D eigenvalue weighted by Crippen LogP contribution is -2.32. The van der Waals surface area contributed by atoms with Gasteiger partial charge in [-0.15, -0.1) is 0 Å². The second-order valence-corrected chi connectivity index (χ2v) is 4.80. The first-order valence-electron chi connectivity index (χ1n) is 6.41. The first-order valence-corrected chi connectivity index (χ1v) is 6.41. The molecule has 0 radical (unpaired) electrons. The van der Waals surface area contributed by atoms with Crippen LogP contribution in [0.15, 0.2) is 42.5 Å². The molecule has 0 spiro atoms. The predicted molar refractivity (Wildman–Crippen MR) is 71.2 cm³/mol. The Balaban J connectivity index is 1.78. The first-order chi connectivity index (χ1) is 8.74. The number of likely N-dealkylation sites (tertiary alicyclic amines) is 1. The summed E-state index contributed by atoms with van der Waals surface area (Å²) in [6.07, 6.45) is 5.22. The Morgan fingerprint density at radius 2 is 1.94 bits per heavy atom. The SMILES string of the molecule is O=C(O)/C=C/C1CCN(Cc2ccccc2)CC1. The molecule has 3 heteroatoms. The number of allylic oxidation sites excluding steroid dienone is 1. The first kappa shape index (κ1) is 12.8. The van der Waals surface area contributed by atoms with Gasteiger partial charge < -0.3 is 5.11 Å². The molecule has 1 aliphatic heterocycles. The maximum absolute atomic E-state index is 10.5. The lowest BCUT2D eigenvalue weighted by atomic mass is 9.96. The van der Waals surface area contributed by atoms with E-state index in [9.17, 15) is 4.79 Å². The highest BCUT2D eigenvalue weighted by atomic mass is 16.4. The molecule has 18 heavy (non-hydrogen) atoms. The molecule has 1 fully saturated rings. The molecule has 1 aromatic carbocycles. The molecule has 2 rings (SSSR count). The van der Waals surface area contributed by atoms with Crippen LogP contribution in [0.25, 0.3) is 0 Å². The number of benzene rings is 1. The molecule has 1 saturated heterocycles. The van der Waals surface area contributed by atoms with E-state index in [2.05, 4.69) is 29.2 Å². The monoisotopic (exact) mass is 245 g/mol. The quantitative estimate of drug-likeness (QED) is 0.829. The highest BCUT2D eigenvalue weighted by molar-refractivity contribution is 5.79. The lowest BCUT2D eigenvalue weighted by molar-refractivity contribution is -0.131. The minimum atomic E-state index is -0.846. The van der Waals surface area contributed by atoms with Crippen molar-refractivity contribution in [2.24, 2.45) is 5.92 Å². The molecule has 0 atom stereocenters. The minimum Gasteiger partial charge on any atom is -0.478 e. The molecular formula is C15H19NO2. The van der Waals surface area contributed by atoms with Gasteiger partial charge in [0.05, 0.1) is 0 Å². The van der Waals surface area contributed by atoms with E-state index in [-0.39, 0.29) is 0 Å². The molecule has 1 N–H and O–H groups in total. The maximum atomic E-state index is 10.5.